The number of carbonyl (C=O) groups excluding carboxylic acids is 1. The normalized spacial score (nSPS) is 10.2. The first-order valence-electron chi connectivity index (χ1n) is 5.78. The summed E-state index contributed by atoms with van der Waals surface area (Å²) in [6.07, 6.45) is 0.000679. The minimum Gasteiger partial charge on any atom is -0.484 e. The Bertz CT molecular complexity index is 477. The summed E-state index contributed by atoms with van der Waals surface area (Å²) in [4.78, 5) is 10.9. The molecule has 0 bridgehead atoms. The maximum atomic E-state index is 10.9. The molecule has 0 fully saturated rings. The third kappa shape index (κ3) is 5.89. The predicted octanol–water partition coefficient (Wildman–Crippen LogP) is 3.43. The number of hydrogen-bond acceptors (Lipinski definition) is 4. The summed E-state index contributed by atoms with van der Waals surface area (Å²) in [7, 11) is 0. The summed E-state index contributed by atoms with van der Waals surface area (Å²) in [5.74, 6) is 0.349. The van der Waals surface area contributed by atoms with Gasteiger partial charge in [0.15, 0.2) is 5.78 Å². The van der Waals surface area contributed by atoms with Crippen LogP contribution in [0.15, 0.2) is 18.2 Å². The minimum atomic E-state index is -0.0758. The topological polar surface area (TPSA) is 47.6 Å². The van der Waals surface area contributed by atoms with E-state index in [1.807, 2.05) is 13.8 Å². The second kappa shape index (κ2) is 7.31. The molecular formula is C13H16ClNO3S. The minimum absolute atomic E-state index is 0.000679. The van der Waals surface area contributed by atoms with Crippen LogP contribution in [0.25, 0.3) is 0 Å². The average Bonchev–Trinajstić information content (AvgIpc) is 2.28. The summed E-state index contributed by atoms with van der Waals surface area (Å²) in [6.45, 7) is 5.20. The van der Waals surface area contributed by atoms with E-state index in [4.69, 9.17) is 33.3 Å². The molecule has 1 aromatic rings. The highest BCUT2D eigenvalue weighted by Gasteiger charge is 2.07. The van der Waals surface area contributed by atoms with Crippen LogP contribution >= 0.6 is 23.8 Å². The highest BCUT2D eigenvalue weighted by Crippen LogP contribution is 2.28. The number of hydrogen-bond donors (Lipinski definition) is 1. The molecule has 4 nitrogen and oxygen atoms in total. The first kappa shape index (κ1) is 15.7. The van der Waals surface area contributed by atoms with Crippen LogP contribution in [-0.4, -0.2) is 23.7 Å². The zero-order valence-electron chi connectivity index (χ0n) is 11.0. The Morgan fingerprint density at radius 2 is 2.16 bits per heavy atom. The van der Waals surface area contributed by atoms with Gasteiger partial charge in [0.05, 0.1) is 11.1 Å². The highest BCUT2D eigenvalue weighted by molar-refractivity contribution is 7.80. The summed E-state index contributed by atoms with van der Waals surface area (Å²) >= 11 is 11.0. The molecule has 0 saturated carbocycles. The SMILES string of the molecule is CC(=O)COc1cc(NC(=S)OC(C)C)ccc1Cl. The van der Waals surface area contributed by atoms with Gasteiger partial charge in [0.2, 0.25) is 0 Å². The fourth-order valence-corrected chi connectivity index (χ4v) is 1.71. The molecule has 0 aliphatic carbocycles. The zero-order chi connectivity index (χ0) is 14.4. The van der Waals surface area contributed by atoms with Crippen LogP contribution in [0.2, 0.25) is 5.02 Å². The molecule has 0 radical (unpaired) electrons. The van der Waals surface area contributed by atoms with Crippen LogP contribution in [0.5, 0.6) is 5.75 Å². The van der Waals surface area contributed by atoms with E-state index in [2.05, 4.69) is 5.32 Å². The first-order chi connectivity index (χ1) is 8.88. The fourth-order valence-electron chi connectivity index (χ4n) is 1.23. The molecule has 0 aliphatic rings. The number of rotatable bonds is 5. The molecular weight excluding hydrogens is 286 g/mol. The van der Waals surface area contributed by atoms with Crippen molar-refractivity contribution in [1.29, 1.82) is 0 Å². The number of ether oxygens (including phenoxy) is 2. The Balaban J connectivity index is 2.72. The largest absolute Gasteiger partial charge is 0.484 e. The molecule has 1 N–H and O–H groups in total. The Hall–Kier alpha value is -1.33. The number of nitrogens with one attached hydrogen (secondary N) is 1. The van der Waals surface area contributed by atoms with E-state index in [0.29, 0.717) is 16.5 Å². The number of thiocarbonyl (C=S) groups is 1. The summed E-state index contributed by atoms with van der Waals surface area (Å²) in [6, 6.07) is 5.08. The summed E-state index contributed by atoms with van der Waals surface area (Å²) in [5.41, 5.74) is 0.689. The van der Waals surface area contributed by atoms with Crippen LogP contribution in [0.4, 0.5) is 5.69 Å². The molecule has 0 aromatic heterocycles. The monoisotopic (exact) mass is 301 g/mol. The van der Waals surface area contributed by atoms with Gasteiger partial charge >= 0.3 is 0 Å². The molecule has 0 aliphatic heterocycles. The van der Waals surface area contributed by atoms with Gasteiger partial charge in [-0.2, -0.15) is 0 Å². The number of benzene rings is 1. The molecule has 0 saturated heterocycles. The number of ketones is 1. The van der Waals surface area contributed by atoms with Crippen molar-refractivity contribution in [3.8, 4) is 5.75 Å². The van der Waals surface area contributed by atoms with Gasteiger partial charge in [-0.15, -0.1) is 0 Å². The van der Waals surface area contributed by atoms with Gasteiger partial charge in [-0.05, 0) is 45.1 Å². The van der Waals surface area contributed by atoms with Gasteiger partial charge in [-0.1, -0.05) is 11.6 Å². The second-order valence-electron chi connectivity index (χ2n) is 4.21. The van der Waals surface area contributed by atoms with Gasteiger partial charge < -0.3 is 14.8 Å². The van der Waals surface area contributed by atoms with Gasteiger partial charge in [0.1, 0.15) is 12.4 Å². The van der Waals surface area contributed by atoms with Crippen LogP contribution in [0.3, 0.4) is 0 Å². The van der Waals surface area contributed by atoms with Crippen LogP contribution < -0.4 is 10.1 Å². The lowest BCUT2D eigenvalue weighted by Crippen LogP contribution is -2.17. The Kier molecular flexibility index (Phi) is 6.05. The van der Waals surface area contributed by atoms with Crippen molar-refractivity contribution in [2.75, 3.05) is 11.9 Å². The number of anilines is 1. The summed E-state index contributed by atoms with van der Waals surface area (Å²) in [5, 5.41) is 3.62. The van der Waals surface area contributed by atoms with E-state index in [1.54, 1.807) is 18.2 Å². The van der Waals surface area contributed by atoms with Crippen LogP contribution in [0, 0.1) is 0 Å². The smallest absolute Gasteiger partial charge is 0.261 e. The number of halogens is 1. The quantitative estimate of drug-likeness (QED) is 0.844. The van der Waals surface area contributed by atoms with Crippen molar-refractivity contribution in [3.63, 3.8) is 0 Å². The van der Waals surface area contributed by atoms with E-state index in [0.717, 1.165) is 0 Å². The maximum Gasteiger partial charge on any atom is 0.261 e. The molecule has 0 heterocycles. The number of Topliss-reactive ketones (excluding diaryl/α,β-unsaturated/α-hetero) is 1. The van der Waals surface area contributed by atoms with E-state index in [1.165, 1.54) is 6.92 Å². The van der Waals surface area contributed by atoms with Crippen molar-refractivity contribution < 1.29 is 14.3 Å². The second-order valence-corrected chi connectivity index (χ2v) is 4.99. The third-order valence-electron chi connectivity index (χ3n) is 1.95. The molecule has 0 unspecified atom stereocenters. The van der Waals surface area contributed by atoms with Gasteiger partial charge in [-0.3, -0.25) is 4.79 Å². The molecule has 19 heavy (non-hydrogen) atoms. The van der Waals surface area contributed by atoms with E-state index < -0.39 is 0 Å². The lowest BCUT2D eigenvalue weighted by atomic mass is 10.3. The van der Waals surface area contributed by atoms with Crippen molar-refractivity contribution in [1.82, 2.24) is 0 Å². The first-order valence-corrected chi connectivity index (χ1v) is 6.56. The van der Waals surface area contributed by atoms with Crippen LogP contribution in [-0.2, 0) is 9.53 Å². The zero-order valence-corrected chi connectivity index (χ0v) is 12.6. The fraction of sp³-hybridized carbons (Fsp3) is 0.385. The molecule has 0 spiro atoms. The lowest BCUT2D eigenvalue weighted by molar-refractivity contribution is -0.118. The van der Waals surface area contributed by atoms with Gasteiger partial charge in [0, 0.05) is 11.8 Å². The molecule has 0 atom stereocenters. The van der Waals surface area contributed by atoms with Crippen molar-refractivity contribution in [2.24, 2.45) is 0 Å². The highest BCUT2D eigenvalue weighted by atomic mass is 35.5. The molecule has 1 aromatic carbocycles. The van der Waals surface area contributed by atoms with Crippen molar-refractivity contribution in [2.45, 2.75) is 26.9 Å². The molecule has 104 valence electrons. The average molecular weight is 302 g/mol. The van der Waals surface area contributed by atoms with Gasteiger partial charge in [-0.25, -0.2) is 0 Å². The Morgan fingerprint density at radius 3 is 2.74 bits per heavy atom. The molecule has 0 amide bonds. The van der Waals surface area contributed by atoms with E-state index in [-0.39, 0.29) is 23.7 Å². The van der Waals surface area contributed by atoms with E-state index >= 15 is 0 Å². The van der Waals surface area contributed by atoms with Crippen molar-refractivity contribution >= 4 is 40.5 Å². The molecule has 6 heteroatoms. The van der Waals surface area contributed by atoms with Gasteiger partial charge in [0.25, 0.3) is 5.17 Å². The Labute approximate surface area is 123 Å². The molecule has 1 rings (SSSR count). The van der Waals surface area contributed by atoms with Crippen LogP contribution in [0.1, 0.15) is 20.8 Å². The van der Waals surface area contributed by atoms with E-state index in [9.17, 15) is 4.79 Å². The Morgan fingerprint density at radius 1 is 1.47 bits per heavy atom. The number of carbonyl (C=O) groups is 1. The predicted molar refractivity (Wildman–Crippen MR) is 80.1 cm³/mol. The summed E-state index contributed by atoms with van der Waals surface area (Å²) < 4.78 is 10.6. The standard InChI is InChI=1S/C13H16ClNO3S/c1-8(2)18-13(19)15-10-4-5-11(14)12(6-10)17-7-9(3)16/h4-6,8H,7H2,1-3H3,(H,15,19). The van der Waals surface area contributed by atoms with Crippen molar-refractivity contribution in [3.05, 3.63) is 23.2 Å². The third-order valence-corrected chi connectivity index (χ3v) is 2.46. The maximum absolute atomic E-state index is 10.9. The lowest BCUT2D eigenvalue weighted by Gasteiger charge is -2.13.